The number of nitrogens with one attached hydrogen (secondary N) is 1. The van der Waals surface area contributed by atoms with Gasteiger partial charge in [0.2, 0.25) is 5.16 Å². The average molecular weight is 240 g/mol. The van der Waals surface area contributed by atoms with Crippen molar-refractivity contribution < 1.29 is 0 Å². The largest absolute Gasteiger partial charge is 0.310 e. The van der Waals surface area contributed by atoms with E-state index in [9.17, 15) is 0 Å². The van der Waals surface area contributed by atoms with E-state index in [-0.39, 0.29) is 5.54 Å². The van der Waals surface area contributed by atoms with Crippen molar-refractivity contribution in [3.63, 3.8) is 0 Å². The molecule has 0 aromatic carbocycles. The van der Waals surface area contributed by atoms with Crippen LogP contribution in [0.4, 0.5) is 0 Å². The van der Waals surface area contributed by atoms with Gasteiger partial charge in [0.15, 0.2) is 0 Å². The van der Waals surface area contributed by atoms with E-state index in [1.807, 2.05) is 0 Å². The molecular formula is C9H16N6S. The van der Waals surface area contributed by atoms with Gasteiger partial charge in [-0.1, -0.05) is 11.8 Å². The lowest BCUT2D eigenvalue weighted by Gasteiger charge is -2.20. The number of nitrogens with zero attached hydrogens (tertiary/aromatic N) is 5. The zero-order valence-corrected chi connectivity index (χ0v) is 10.6. The first-order valence-electron chi connectivity index (χ1n) is 5.04. The van der Waals surface area contributed by atoms with Crippen molar-refractivity contribution in [1.82, 2.24) is 25.5 Å². The Kier molecular flexibility index (Phi) is 4.71. The molecule has 0 fully saturated rings. The first-order chi connectivity index (χ1) is 7.53. The molecule has 0 unspecified atom stereocenters. The van der Waals surface area contributed by atoms with Crippen LogP contribution < -0.4 is 5.32 Å². The third-order valence-corrected chi connectivity index (χ3v) is 2.57. The Hall–Kier alpha value is -1.13. The van der Waals surface area contributed by atoms with Crippen LogP contribution in [-0.2, 0) is 6.54 Å². The van der Waals surface area contributed by atoms with Crippen molar-refractivity contribution in [1.29, 1.82) is 5.26 Å². The maximum absolute atomic E-state index is 8.48. The number of aromatic nitrogens is 4. The fourth-order valence-corrected chi connectivity index (χ4v) is 1.64. The zero-order valence-electron chi connectivity index (χ0n) is 9.77. The van der Waals surface area contributed by atoms with Gasteiger partial charge in [0, 0.05) is 12.1 Å². The van der Waals surface area contributed by atoms with Crippen molar-refractivity contribution >= 4 is 11.8 Å². The Balaban J connectivity index is 2.42. The molecule has 0 aliphatic rings. The second-order valence-electron chi connectivity index (χ2n) is 4.31. The first kappa shape index (κ1) is 12.9. The highest BCUT2D eigenvalue weighted by Gasteiger charge is 2.10. The van der Waals surface area contributed by atoms with E-state index in [4.69, 9.17) is 5.26 Å². The van der Waals surface area contributed by atoms with Crippen LogP contribution in [0.1, 0.15) is 20.8 Å². The van der Waals surface area contributed by atoms with E-state index in [0.29, 0.717) is 17.5 Å². The Morgan fingerprint density at radius 1 is 1.50 bits per heavy atom. The predicted molar refractivity (Wildman–Crippen MR) is 61.9 cm³/mol. The number of thioether (sulfide) groups is 1. The molecule has 1 heterocycles. The molecule has 0 aliphatic heterocycles. The van der Waals surface area contributed by atoms with E-state index >= 15 is 0 Å². The Morgan fingerprint density at radius 3 is 2.88 bits per heavy atom. The molecule has 1 rings (SSSR count). The topological polar surface area (TPSA) is 79.4 Å². The third kappa shape index (κ3) is 4.59. The van der Waals surface area contributed by atoms with Crippen molar-refractivity contribution in [2.45, 2.75) is 38.0 Å². The SMILES string of the molecule is CC(C)(C)NCCn1nnnc1SCC#N. The second-order valence-corrected chi connectivity index (χ2v) is 5.25. The number of hydrogen-bond donors (Lipinski definition) is 1. The molecule has 0 spiro atoms. The fraction of sp³-hybridized carbons (Fsp3) is 0.778. The summed E-state index contributed by atoms with van der Waals surface area (Å²) >= 11 is 1.35. The highest BCUT2D eigenvalue weighted by molar-refractivity contribution is 7.99. The van der Waals surface area contributed by atoms with Crippen LogP contribution in [0.3, 0.4) is 0 Å². The van der Waals surface area contributed by atoms with Crippen molar-refractivity contribution in [3.05, 3.63) is 0 Å². The summed E-state index contributed by atoms with van der Waals surface area (Å²) in [5.74, 6) is 0.368. The molecular weight excluding hydrogens is 224 g/mol. The van der Waals surface area contributed by atoms with Crippen molar-refractivity contribution in [3.8, 4) is 6.07 Å². The summed E-state index contributed by atoms with van der Waals surface area (Å²) in [6.45, 7) is 7.83. The summed E-state index contributed by atoms with van der Waals surface area (Å²) in [4.78, 5) is 0. The molecule has 7 heteroatoms. The van der Waals surface area contributed by atoms with Crippen molar-refractivity contribution in [2.75, 3.05) is 12.3 Å². The molecule has 88 valence electrons. The molecule has 0 aliphatic carbocycles. The summed E-state index contributed by atoms with van der Waals surface area (Å²) < 4.78 is 1.71. The van der Waals surface area contributed by atoms with Gasteiger partial charge in [-0.05, 0) is 31.2 Å². The van der Waals surface area contributed by atoms with Gasteiger partial charge in [-0.3, -0.25) is 0 Å². The summed E-state index contributed by atoms with van der Waals surface area (Å²) in [5, 5.41) is 23.8. The molecule has 0 radical (unpaired) electrons. The van der Waals surface area contributed by atoms with Crippen LogP contribution in [0.2, 0.25) is 0 Å². The van der Waals surface area contributed by atoms with Crippen LogP contribution in [0.5, 0.6) is 0 Å². The van der Waals surface area contributed by atoms with Gasteiger partial charge < -0.3 is 5.32 Å². The second kappa shape index (κ2) is 5.82. The minimum atomic E-state index is 0.0912. The average Bonchev–Trinajstić information content (AvgIpc) is 2.60. The van der Waals surface area contributed by atoms with Gasteiger partial charge in [-0.15, -0.1) is 5.10 Å². The summed E-state index contributed by atoms with van der Waals surface area (Å²) in [5.41, 5.74) is 0.0912. The van der Waals surface area contributed by atoms with Crippen LogP contribution in [-0.4, -0.2) is 38.0 Å². The summed E-state index contributed by atoms with van der Waals surface area (Å²) in [7, 11) is 0. The van der Waals surface area contributed by atoms with Crippen molar-refractivity contribution in [2.24, 2.45) is 0 Å². The molecule has 0 atom stereocenters. The highest BCUT2D eigenvalue weighted by Crippen LogP contribution is 2.11. The molecule has 0 amide bonds. The van der Waals surface area contributed by atoms with Gasteiger partial charge in [-0.25, -0.2) is 4.68 Å². The van der Waals surface area contributed by atoms with E-state index < -0.39 is 0 Å². The third-order valence-electron chi connectivity index (χ3n) is 1.74. The van der Waals surface area contributed by atoms with Gasteiger partial charge in [0.1, 0.15) is 0 Å². The molecule has 1 aromatic rings. The number of nitriles is 1. The fourth-order valence-electron chi connectivity index (χ4n) is 1.07. The number of tetrazole rings is 1. The van der Waals surface area contributed by atoms with Crippen LogP contribution in [0, 0.1) is 11.3 Å². The normalized spacial score (nSPS) is 11.4. The van der Waals surface area contributed by atoms with E-state index in [1.54, 1.807) is 4.68 Å². The lowest BCUT2D eigenvalue weighted by atomic mass is 10.1. The van der Waals surface area contributed by atoms with Crippen LogP contribution in [0.15, 0.2) is 5.16 Å². The first-order valence-corrected chi connectivity index (χ1v) is 6.02. The van der Waals surface area contributed by atoms with Gasteiger partial charge in [-0.2, -0.15) is 5.26 Å². The molecule has 16 heavy (non-hydrogen) atoms. The minimum absolute atomic E-state index is 0.0912. The van der Waals surface area contributed by atoms with Gasteiger partial charge >= 0.3 is 0 Å². The molecule has 1 aromatic heterocycles. The highest BCUT2D eigenvalue weighted by atomic mass is 32.2. The lowest BCUT2D eigenvalue weighted by molar-refractivity contribution is 0.396. The lowest BCUT2D eigenvalue weighted by Crippen LogP contribution is -2.38. The standard InChI is InChI=1S/C9H16N6S/c1-9(2,3)11-5-6-15-8(12-13-14-15)16-7-4-10/h11H,5-7H2,1-3H3. The van der Waals surface area contributed by atoms with Gasteiger partial charge in [0.25, 0.3) is 0 Å². The smallest absolute Gasteiger partial charge is 0.210 e. The van der Waals surface area contributed by atoms with E-state index in [2.05, 4.69) is 47.7 Å². The summed E-state index contributed by atoms with van der Waals surface area (Å²) in [6.07, 6.45) is 0. The monoisotopic (exact) mass is 240 g/mol. The Labute approximate surface area is 99.4 Å². The number of hydrogen-bond acceptors (Lipinski definition) is 6. The predicted octanol–water partition coefficient (Wildman–Crippen LogP) is 0.677. The van der Waals surface area contributed by atoms with E-state index in [0.717, 1.165) is 6.54 Å². The maximum atomic E-state index is 8.48. The Bertz CT molecular complexity index is 361. The molecule has 0 bridgehead atoms. The van der Waals surface area contributed by atoms with E-state index in [1.165, 1.54) is 11.8 Å². The molecule has 1 N–H and O–H groups in total. The van der Waals surface area contributed by atoms with Gasteiger partial charge in [0.05, 0.1) is 18.4 Å². The maximum Gasteiger partial charge on any atom is 0.210 e. The quantitative estimate of drug-likeness (QED) is 0.762. The number of rotatable bonds is 5. The van der Waals surface area contributed by atoms with Crippen LogP contribution >= 0.6 is 11.8 Å². The minimum Gasteiger partial charge on any atom is -0.310 e. The molecule has 0 saturated carbocycles. The molecule has 0 saturated heterocycles. The van der Waals surface area contributed by atoms with Crippen LogP contribution in [0.25, 0.3) is 0 Å². The zero-order chi connectivity index (χ0) is 12.0. The Morgan fingerprint density at radius 2 is 2.25 bits per heavy atom. The summed E-state index contributed by atoms with van der Waals surface area (Å²) in [6, 6.07) is 2.05. The molecule has 6 nitrogen and oxygen atoms in total.